The smallest absolute Gasteiger partial charge is 0.140 e. The van der Waals surface area contributed by atoms with Crippen LogP contribution in [-0.4, -0.2) is 0 Å². The molecular weight excluding hydrogens is 315 g/mol. The number of alkyl halides is 1. The summed E-state index contributed by atoms with van der Waals surface area (Å²) < 4.78 is 14.3. The fraction of sp³-hybridized carbons (Fsp3) is 0.200. The summed E-state index contributed by atoms with van der Waals surface area (Å²) in [6.07, 6.45) is 1.35. The lowest BCUT2D eigenvalue weighted by Gasteiger charge is -2.10. The summed E-state index contributed by atoms with van der Waals surface area (Å²) in [6.45, 7) is 0. The minimum atomic E-state index is -0.186. The van der Waals surface area contributed by atoms with Crippen molar-refractivity contribution in [3.63, 3.8) is 0 Å². The minimum Gasteiger partial charge on any atom is -0.205 e. The SMILES string of the molecule is Fc1c(Br)cccc1CCC(Cl)c1ccccc1. The van der Waals surface area contributed by atoms with Crippen LogP contribution < -0.4 is 0 Å². The minimum absolute atomic E-state index is 0.0791. The molecule has 0 nitrogen and oxygen atoms in total. The molecule has 0 aromatic heterocycles. The molecule has 0 heterocycles. The first-order valence-electron chi connectivity index (χ1n) is 5.80. The molecule has 2 aromatic carbocycles. The van der Waals surface area contributed by atoms with Gasteiger partial charge in [-0.1, -0.05) is 42.5 Å². The maximum Gasteiger partial charge on any atom is 0.140 e. The van der Waals surface area contributed by atoms with E-state index in [2.05, 4.69) is 15.9 Å². The van der Waals surface area contributed by atoms with Gasteiger partial charge in [0.2, 0.25) is 0 Å². The monoisotopic (exact) mass is 326 g/mol. The molecule has 2 rings (SSSR count). The zero-order valence-electron chi connectivity index (χ0n) is 9.74. The fourth-order valence-corrected chi connectivity index (χ4v) is 2.51. The Morgan fingerprint density at radius 2 is 1.78 bits per heavy atom. The van der Waals surface area contributed by atoms with Gasteiger partial charge in [-0.05, 0) is 46.0 Å². The summed E-state index contributed by atoms with van der Waals surface area (Å²) in [5.41, 5.74) is 1.78. The average Bonchev–Trinajstić information content (AvgIpc) is 2.41. The van der Waals surface area contributed by atoms with E-state index in [9.17, 15) is 4.39 Å². The summed E-state index contributed by atoms with van der Waals surface area (Å²) >= 11 is 9.50. The second-order valence-corrected chi connectivity index (χ2v) is 5.51. The molecule has 0 saturated heterocycles. The van der Waals surface area contributed by atoms with E-state index in [-0.39, 0.29) is 11.2 Å². The van der Waals surface area contributed by atoms with Crippen LogP contribution in [0.25, 0.3) is 0 Å². The second kappa shape index (κ2) is 6.35. The molecule has 18 heavy (non-hydrogen) atoms. The van der Waals surface area contributed by atoms with Crippen LogP contribution in [0.4, 0.5) is 4.39 Å². The van der Waals surface area contributed by atoms with E-state index in [1.807, 2.05) is 36.4 Å². The van der Waals surface area contributed by atoms with Gasteiger partial charge in [-0.25, -0.2) is 4.39 Å². The van der Waals surface area contributed by atoms with Gasteiger partial charge in [0.25, 0.3) is 0 Å². The van der Waals surface area contributed by atoms with E-state index in [0.29, 0.717) is 16.5 Å². The largest absolute Gasteiger partial charge is 0.205 e. The molecule has 0 spiro atoms. The van der Waals surface area contributed by atoms with E-state index >= 15 is 0 Å². The van der Waals surface area contributed by atoms with Crippen molar-refractivity contribution in [1.29, 1.82) is 0 Å². The average molecular weight is 328 g/mol. The molecule has 0 aliphatic heterocycles. The third-order valence-corrected chi connectivity index (χ3v) is 3.94. The quantitative estimate of drug-likeness (QED) is 0.650. The van der Waals surface area contributed by atoms with Crippen molar-refractivity contribution in [2.75, 3.05) is 0 Å². The van der Waals surface area contributed by atoms with Crippen LogP contribution >= 0.6 is 27.5 Å². The van der Waals surface area contributed by atoms with Crippen LogP contribution in [0.15, 0.2) is 53.0 Å². The first-order valence-corrected chi connectivity index (χ1v) is 7.03. The standard InChI is InChI=1S/C15H13BrClF/c16-13-8-4-7-12(15(13)18)9-10-14(17)11-5-2-1-3-6-11/h1-8,14H,9-10H2. The lowest BCUT2D eigenvalue weighted by Crippen LogP contribution is -1.96. The molecule has 0 fully saturated rings. The molecule has 1 unspecified atom stereocenters. The van der Waals surface area contributed by atoms with Crippen molar-refractivity contribution in [3.05, 3.63) is 69.9 Å². The topological polar surface area (TPSA) is 0 Å². The fourth-order valence-electron chi connectivity index (χ4n) is 1.85. The lowest BCUT2D eigenvalue weighted by atomic mass is 10.0. The number of halogens is 3. The molecule has 0 radical (unpaired) electrons. The zero-order valence-corrected chi connectivity index (χ0v) is 12.1. The number of rotatable bonds is 4. The van der Waals surface area contributed by atoms with Gasteiger partial charge in [0.1, 0.15) is 5.82 Å². The molecule has 1 atom stereocenters. The summed E-state index contributed by atoms with van der Waals surface area (Å²) in [4.78, 5) is 0. The summed E-state index contributed by atoms with van der Waals surface area (Å²) in [6, 6.07) is 15.2. The Morgan fingerprint density at radius 1 is 1.06 bits per heavy atom. The molecule has 0 saturated carbocycles. The van der Waals surface area contributed by atoms with Crippen molar-refractivity contribution in [2.24, 2.45) is 0 Å². The predicted octanol–water partition coefficient (Wildman–Crippen LogP) is 5.50. The summed E-state index contributed by atoms with van der Waals surface area (Å²) in [7, 11) is 0. The van der Waals surface area contributed by atoms with Gasteiger partial charge in [-0.2, -0.15) is 0 Å². The van der Waals surface area contributed by atoms with E-state index in [4.69, 9.17) is 11.6 Å². The number of hydrogen-bond donors (Lipinski definition) is 0. The first kappa shape index (κ1) is 13.6. The Kier molecular flexibility index (Phi) is 4.79. The molecule has 0 bridgehead atoms. The van der Waals surface area contributed by atoms with Gasteiger partial charge < -0.3 is 0 Å². The molecule has 0 N–H and O–H groups in total. The van der Waals surface area contributed by atoms with Crippen LogP contribution in [0, 0.1) is 5.82 Å². The third kappa shape index (κ3) is 3.33. The Hall–Kier alpha value is -0.860. The maximum atomic E-state index is 13.8. The molecule has 0 aliphatic rings. The van der Waals surface area contributed by atoms with Gasteiger partial charge in [0.15, 0.2) is 0 Å². The normalized spacial score (nSPS) is 12.4. The van der Waals surface area contributed by atoms with Gasteiger partial charge in [0, 0.05) is 0 Å². The number of hydrogen-bond acceptors (Lipinski definition) is 0. The third-order valence-electron chi connectivity index (χ3n) is 2.86. The van der Waals surface area contributed by atoms with Gasteiger partial charge in [-0.15, -0.1) is 11.6 Å². The highest BCUT2D eigenvalue weighted by atomic mass is 79.9. The Morgan fingerprint density at radius 3 is 2.50 bits per heavy atom. The summed E-state index contributed by atoms with van der Waals surface area (Å²) in [5.74, 6) is -0.186. The Bertz CT molecular complexity index is 513. The van der Waals surface area contributed by atoms with Crippen LogP contribution in [0.2, 0.25) is 0 Å². The second-order valence-electron chi connectivity index (χ2n) is 4.13. The van der Waals surface area contributed by atoms with Crippen molar-refractivity contribution < 1.29 is 4.39 Å². The van der Waals surface area contributed by atoms with Crippen molar-refractivity contribution in [2.45, 2.75) is 18.2 Å². The predicted molar refractivity (Wildman–Crippen MR) is 77.5 cm³/mol. The Balaban J connectivity index is 2.02. The first-order chi connectivity index (χ1) is 8.68. The van der Waals surface area contributed by atoms with Crippen molar-refractivity contribution in [1.82, 2.24) is 0 Å². The van der Waals surface area contributed by atoms with E-state index < -0.39 is 0 Å². The zero-order chi connectivity index (χ0) is 13.0. The highest BCUT2D eigenvalue weighted by molar-refractivity contribution is 9.10. The van der Waals surface area contributed by atoms with Crippen molar-refractivity contribution in [3.8, 4) is 0 Å². The summed E-state index contributed by atoms with van der Waals surface area (Å²) in [5, 5.41) is -0.0791. The van der Waals surface area contributed by atoms with Gasteiger partial charge in [0.05, 0.1) is 9.85 Å². The molecule has 2 aromatic rings. The lowest BCUT2D eigenvalue weighted by molar-refractivity contribution is 0.597. The van der Waals surface area contributed by atoms with Crippen molar-refractivity contribution >= 4 is 27.5 Å². The number of aryl methyl sites for hydroxylation is 1. The highest BCUT2D eigenvalue weighted by Crippen LogP contribution is 2.27. The molecule has 94 valence electrons. The van der Waals surface area contributed by atoms with E-state index in [1.165, 1.54) is 0 Å². The molecular formula is C15H13BrClF. The Labute approximate surface area is 120 Å². The number of benzene rings is 2. The molecule has 0 aliphatic carbocycles. The highest BCUT2D eigenvalue weighted by Gasteiger charge is 2.10. The molecule has 3 heteroatoms. The van der Waals surface area contributed by atoms with Crippen LogP contribution in [-0.2, 0) is 6.42 Å². The van der Waals surface area contributed by atoms with Gasteiger partial charge in [-0.3, -0.25) is 0 Å². The van der Waals surface area contributed by atoms with E-state index in [1.54, 1.807) is 12.1 Å². The molecule has 0 amide bonds. The van der Waals surface area contributed by atoms with Crippen LogP contribution in [0.3, 0.4) is 0 Å². The van der Waals surface area contributed by atoms with Gasteiger partial charge >= 0.3 is 0 Å². The van der Waals surface area contributed by atoms with Crippen LogP contribution in [0.5, 0.6) is 0 Å². The maximum absolute atomic E-state index is 13.8. The van der Waals surface area contributed by atoms with Crippen LogP contribution in [0.1, 0.15) is 22.9 Å². The van der Waals surface area contributed by atoms with E-state index in [0.717, 1.165) is 12.0 Å².